The van der Waals surface area contributed by atoms with E-state index in [1.165, 1.54) is 0 Å². The van der Waals surface area contributed by atoms with E-state index in [9.17, 15) is 4.79 Å². The van der Waals surface area contributed by atoms with Crippen molar-refractivity contribution >= 4 is 27.5 Å². The van der Waals surface area contributed by atoms with Crippen molar-refractivity contribution in [3.63, 3.8) is 0 Å². The number of halogens is 1. The van der Waals surface area contributed by atoms with Crippen molar-refractivity contribution in [3.05, 3.63) is 22.2 Å². The van der Waals surface area contributed by atoms with Gasteiger partial charge in [-0.15, -0.1) is 0 Å². The number of fused-ring (bicyclic) bond motifs is 1. The maximum atomic E-state index is 11.1. The minimum Gasteiger partial charge on any atom is -0.482 e. The smallest absolute Gasteiger partial charge is 0.262 e. The molecule has 0 fully saturated rings. The second-order valence-electron chi connectivity index (χ2n) is 3.50. The Morgan fingerprint density at radius 2 is 2.33 bits per heavy atom. The molecule has 0 radical (unpaired) electrons. The Morgan fingerprint density at radius 3 is 3.00 bits per heavy atom. The van der Waals surface area contributed by atoms with Crippen LogP contribution in [-0.2, 0) is 4.79 Å². The molecule has 5 heteroatoms. The van der Waals surface area contributed by atoms with Crippen LogP contribution in [0.2, 0.25) is 0 Å². The summed E-state index contributed by atoms with van der Waals surface area (Å²) in [6.45, 7) is 1.96. The van der Waals surface area contributed by atoms with E-state index in [1.54, 1.807) is 0 Å². The fraction of sp³-hybridized carbons (Fsp3) is 0.300. The Hall–Kier alpha value is -1.07. The molecule has 2 rings (SSSR count). The van der Waals surface area contributed by atoms with Gasteiger partial charge in [0.2, 0.25) is 0 Å². The number of benzene rings is 1. The largest absolute Gasteiger partial charge is 0.482 e. The molecule has 0 bridgehead atoms. The predicted molar refractivity (Wildman–Crippen MR) is 60.9 cm³/mol. The molecule has 0 spiro atoms. The topological polar surface area (TPSA) is 64.3 Å². The fourth-order valence-electron chi connectivity index (χ4n) is 1.46. The third-order valence-corrected chi connectivity index (χ3v) is 2.91. The van der Waals surface area contributed by atoms with Crippen LogP contribution < -0.4 is 15.8 Å². The van der Waals surface area contributed by atoms with Gasteiger partial charge in [-0.2, -0.15) is 0 Å². The summed E-state index contributed by atoms with van der Waals surface area (Å²) < 4.78 is 6.17. The Balaban J connectivity index is 2.46. The zero-order chi connectivity index (χ0) is 11.0. The number of hydrogen-bond acceptors (Lipinski definition) is 3. The number of ether oxygens (including phenoxy) is 1. The van der Waals surface area contributed by atoms with Gasteiger partial charge < -0.3 is 15.8 Å². The molecule has 1 heterocycles. The molecule has 80 valence electrons. The third kappa shape index (κ3) is 1.98. The summed E-state index contributed by atoms with van der Waals surface area (Å²) in [4.78, 5) is 11.1. The van der Waals surface area contributed by atoms with Crippen LogP contribution in [0.1, 0.15) is 18.5 Å². The summed E-state index contributed by atoms with van der Waals surface area (Å²) in [6, 6.07) is 3.58. The zero-order valence-electron chi connectivity index (χ0n) is 8.21. The summed E-state index contributed by atoms with van der Waals surface area (Å²) in [5, 5.41) is 2.73. The number of anilines is 1. The van der Waals surface area contributed by atoms with Gasteiger partial charge in [0.1, 0.15) is 5.75 Å². The van der Waals surface area contributed by atoms with Gasteiger partial charge in [0, 0.05) is 10.5 Å². The molecule has 1 aromatic rings. The van der Waals surface area contributed by atoms with Crippen LogP contribution in [0.4, 0.5) is 5.69 Å². The second kappa shape index (κ2) is 3.83. The molecule has 4 nitrogen and oxygen atoms in total. The first kappa shape index (κ1) is 10.4. The van der Waals surface area contributed by atoms with Crippen LogP contribution in [0.5, 0.6) is 5.75 Å². The maximum absolute atomic E-state index is 11.1. The van der Waals surface area contributed by atoms with Gasteiger partial charge in [0.25, 0.3) is 5.91 Å². The lowest BCUT2D eigenvalue weighted by molar-refractivity contribution is -0.118. The molecule has 1 amide bonds. The van der Waals surface area contributed by atoms with Crippen molar-refractivity contribution in [2.75, 3.05) is 11.9 Å². The Kier molecular flexibility index (Phi) is 2.67. The van der Waals surface area contributed by atoms with E-state index >= 15 is 0 Å². The number of carbonyl (C=O) groups is 1. The molecule has 0 aliphatic carbocycles. The lowest BCUT2D eigenvalue weighted by atomic mass is 10.1. The van der Waals surface area contributed by atoms with Crippen molar-refractivity contribution in [2.45, 2.75) is 13.0 Å². The highest BCUT2D eigenvalue weighted by molar-refractivity contribution is 9.10. The molecule has 3 N–H and O–H groups in total. The molecule has 15 heavy (non-hydrogen) atoms. The molecule has 1 atom stereocenters. The van der Waals surface area contributed by atoms with Crippen molar-refractivity contribution in [3.8, 4) is 5.75 Å². The quantitative estimate of drug-likeness (QED) is 0.818. The highest BCUT2D eigenvalue weighted by Crippen LogP contribution is 2.35. The van der Waals surface area contributed by atoms with E-state index in [4.69, 9.17) is 10.5 Å². The van der Waals surface area contributed by atoms with Gasteiger partial charge in [0.05, 0.1) is 5.69 Å². The fourth-order valence-corrected chi connectivity index (χ4v) is 2.17. The number of carbonyl (C=O) groups excluding carboxylic acids is 1. The molecular weight excluding hydrogens is 260 g/mol. The molecule has 1 aliphatic heterocycles. The summed E-state index contributed by atoms with van der Waals surface area (Å²) in [5.41, 5.74) is 7.45. The average molecular weight is 271 g/mol. The number of amides is 1. The molecule has 0 saturated carbocycles. The third-order valence-electron chi connectivity index (χ3n) is 2.22. The SMILES string of the molecule is CC(N)c1cc2c(cc1Br)NC(=O)CO2. The molecule has 0 aromatic heterocycles. The number of rotatable bonds is 1. The number of nitrogens with one attached hydrogen (secondary N) is 1. The van der Waals surface area contributed by atoms with Gasteiger partial charge in [-0.25, -0.2) is 0 Å². The van der Waals surface area contributed by atoms with Crippen LogP contribution >= 0.6 is 15.9 Å². The zero-order valence-corrected chi connectivity index (χ0v) is 9.80. The van der Waals surface area contributed by atoms with Crippen LogP contribution in [0.3, 0.4) is 0 Å². The summed E-state index contributed by atoms with van der Waals surface area (Å²) in [7, 11) is 0. The standard InChI is InChI=1S/C10H11BrN2O2/c1-5(12)6-2-9-8(3-7(6)11)13-10(14)4-15-9/h2-3,5H,4,12H2,1H3,(H,13,14). The summed E-state index contributed by atoms with van der Waals surface area (Å²) in [6.07, 6.45) is 0. The first-order chi connectivity index (χ1) is 7.08. The Morgan fingerprint density at radius 1 is 1.60 bits per heavy atom. The van der Waals surface area contributed by atoms with E-state index in [-0.39, 0.29) is 18.6 Å². The minimum absolute atomic E-state index is 0.0625. The highest BCUT2D eigenvalue weighted by Gasteiger charge is 2.18. The highest BCUT2D eigenvalue weighted by atomic mass is 79.9. The lowest BCUT2D eigenvalue weighted by Crippen LogP contribution is -2.25. The van der Waals surface area contributed by atoms with E-state index in [1.807, 2.05) is 19.1 Å². The van der Waals surface area contributed by atoms with Crippen molar-refractivity contribution in [2.24, 2.45) is 5.73 Å². The van der Waals surface area contributed by atoms with Crippen LogP contribution in [0.15, 0.2) is 16.6 Å². The van der Waals surface area contributed by atoms with Gasteiger partial charge in [-0.3, -0.25) is 4.79 Å². The monoisotopic (exact) mass is 270 g/mol. The van der Waals surface area contributed by atoms with E-state index < -0.39 is 0 Å². The lowest BCUT2D eigenvalue weighted by Gasteiger charge is -2.20. The normalized spacial score (nSPS) is 16.3. The van der Waals surface area contributed by atoms with E-state index in [2.05, 4.69) is 21.2 Å². The second-order valence-corrected chi connectivity index (χ2v) is 4.35. The van der Waals surface area contributed by atoms with E-state index in [0.29, 0.717) is 11.4 Å². The summed E-state index contributed by atoms with van der Waals surface area (Å²) >= 11 is 3.41. The van der Waals surface area contributed by atoms with E-state index in [0.717, 1.165) is 10.0 Å². The number of nitrogens with two attached hydrogens (primary N) is 1. The van der Waals surface area contributed by atoms with Crippen LogP contribution in [0, 0.1) is 0 Å². The van der Waals surface area contributed by atoms with Crippen molar-refractivity contribution in [1.29, 1.82) is 0 Å². The molecule has 1 aromatic carbocycles. The molecule has 1 aliphatic rings. The van der Waals surface area contributed by atoms with Crippen molar-refractivity contribution in [1.82, 2.24) is 0 Å². The number of hydrogen-bond donors (Lipinski definition) is 2. The first-order valence-corrected chi connectivity index (χ1v) is 5.39. The van der Waals surface area contributed by atoms with Crippen LogP contribution in [-0.4, -0.2) is 12.5 Å². The average Bonchev–Trinajstić information content (AvgIpc) is 2.15. The van der Waals surface area contributed by atoms with Crippen molar-refractivity contribution < 1.29 is 9.53 Å². The molecular formula is C10H11BrN2O2. The predicted octanol–water partition coefficient (Wildman–Crippen LogP) is 1.80. The van der Waals surface area contributed by atoms with Gasteiger partial charge in [0.15, 0.2) is 6.61 Å². The van der Waals surface area contributed by atoms with Crippen LogP contribution in [0.25, 0.3) is 0 Å². The van der Waals surface area contributed by atoms with Gasteiger partial charge in [-0.1, -0.05) is 15.9 Å². The minimum atomic E-state index is -0.136. The Labute approximate surface area is 95.9 Å². The maximum Gasteiger partial charge on any atom is 0.262 e. The van der Waals surface area contributed by atoms with Gasteiger partial charge >= 0.3 is 0 Å². The first-order valence-electron chi connectivity index (χ1n) is 4.59. The molecule has 0 saturated heterocycles. The molecule has 1 unspecified atom stereocenters. The Bertz CT molecular complexity index is 418. The summed E-state index contributed by atoms with van der Waals surface area (Å²) in [5.74, 6) is 0.535. The van der Waals surface area contributed by atoms with Gasteiger partial charge in [-0.05, 0) is 24.6 Å².